The van der Waals surface area contributed by atoms with Crippen LogP contribution in [0.25, 0.3) is 11.4 Å². The molecule has 1 aromatic carbocycles. The van der Waals surface area contributed by atoms with Gasteiger partial charge in [0.2, 0.25) is 5.95 Å². The third kappa shape index (κ3) is 6.32. The molecule has 1 fully saturated rings. The zero-order valence-electron chi connectivity index (χ0n) is 19.9. The molecule has 0 unspecified atom stereocenters. The minimum Gasteiger partial charge on any atom is -0.378 e. The molecule has 1 aliphatic heterocycles. The Labute approximate surface area is 217 Å². The zero-order valence-corrected chi connectivity index (χ0v) is 20.7. The minimum atomic E-state index is -0.487. The highest BCUT2D eigenvalue weighted by molar-refractivity contribution is 6.31. The van der Waals surface area contributed by atoms with Gasteiger partial charge in [0.25, 0.3) is 0 Å². The van der Waals surface area contributed by atoms with Crippen LogP contribution in [-0.4, -0.2) is 57.4 Å². The van der Waals surface area contributed by atoms with Crippen LogP contribution < -0.4 is 15.6 Å². The highest BCUT2D eigenvalue weighted by atomic mass is 35.5. The number of halogens is 2. The lowest BCUT2D eigenvalue weighted by Gasteiger charge is -2.27. The van der Waals surface area contributed by atoms with Crippen molar-refractivity contribution in [1.29, 1.82) is 0 Å². The number of pyridine rings is 1. The van der Waals surface area contributed by atoms with Crippen LogP contribution in [0.2, 0.25) is 5.02 Å². The third-order valence-electron chi connectivity index (χ3n) is 5.42. The van der Waals surface area contributed by atoms with Crippen LogP contribution in [0.4, 0.5) is 27.5 Å². The van der Waals surface area contributed by atoms with Gasteiger partial charge in [-0.05, 0) is 43.3 Å². The molecule has 0 saturated carbocycles. The fourth-order valence-corrected chi connectivity index (χ4v) is 3.90. The largest absolute Gasteiger partial charge is 0.378 e. The maximum absolute atomic E-state index is 14.2. The molecule has 5 rings (SSSR count). The van der Waals surface area contributed by atoms with Gasteiger partial charge in [-0.3, -0.25) is 4.98 Å². The summed E-state index contributed by atoms with van der Waals surface area (Å²) in [6.07, 6.45) is 6.05. The van der Waals surface area contributed by atoms with Gasteiger partial charge in [0.05, 0.1) is 43.2 Å². The normalized spacial score (nSPS) is 13.6. The average Bonchev–Trinajstić information content (AvgIpc) is 2.91. The van der Waals surface area contributed by atoms with Gasteiger partial charge < -0.3 is 15.0 Å². The Morgan fingerprint density at radius 1 is 1.03 bits per heavy atom. The lowest BCUT2D eigenvalue weighted by atomic mass is 10.1. The van der Waals surface area contributed by atoms with Crippen molar-refractivity contribution in [2.75, 3.05) is 41.9 Å². The molecule has 4 heterocycles. The Kier molecular flexibility index (Phi) is 7.43. The van der Waals surface area contributed by atoms with Crippen LogP contribution >= 0.6 is 11.6 Å². The quantitative estimate of drug-likeness (QED) is 0.270. The first-order valence-electron chi connectivity index (χ1n) is 11.5. The number of nitrogens with zero attached hydrogens (tertiary/aromatic N) is 7. The van der Waals surface area contributed by atoms with Gasteiger partial charge in [-0.15, -0.1) is 0 Å². The number of aromatic nitrogens is 5. The van der Waals surface area contributed by atoms with Crippen LogP contribution in [0.1, 0.15) is 11.4 Å². The number of hydrazone groups is 1. The van der Waals surface area contributed by atoms with Crippen LogP contribution in [0, 0.1) is 12.7 Å². The van der Waals surface area contributed by atoms with Crippen molar-refractivity contribution < 1.29 is 9.13 Å². The summed E-state index contributed by atoms with van der Waals surface area (Å²) in [6.45, 7) is 4.10. The fraction of sp³-hybridized carbons (Fsp3) is 0.200. The van der Waals surface area contributed by atoms with Crippen LogP contribution in [0.15, 0.2) is 60.1 Å². The lowest BCUT2D eigenvalue weighted by molar-refractivity contribution is 0.122. The summed E-state index contributed by atoms with van der Waals surface area (Å²) in [5, 5.41) is 7.98. The number of rotatable bonds is 7. The van der Waals surface area contributed by atoms with E-state index in [1.807, 2.05) is 42.2 Å². The number of aryl methyl sites for hydroxylation is 1. The van der Waals surface area contributed by atoms with Crippen molar-refractivity contribution in [3.63, 3.8) is 0 Å². The van der Waals surface area contributed by atoms with Crippen molar-refractivity contribution >= 4 is 41.0 Å². The smallest absolute Gasteiger partial charge is 0.245 e. The van der Waals surface area contributed by atoms with Crippen molar-refractivity contribution in [2.45, 2.75) is 6.92 Å². The first-order valence-corrected chi connectivity index (χ1v) is 11.9. The van der Waals surface area contributed by atoms with E-state index in [0.29, 0.717) is 42.8 Å². The number of morpholine rings is 1. The molecule has 37 heavy (non-hydrogen) atoms. The Morgan fingerprint density at radius 3 is 2.68 bits per heavy atom. The molecule has 0 radical (unpaired) electrons. The maximum Gasteiger partial charge on any atom is 0.245 e. The minimum absolute atomic E-state index is 0.187. The molecule has 0 atom stereocenters. The summed E-state index contributed by atoms with van der Waals surface area (Å²) in [5.74, 6) is 0.527. The SMILES string of the molecule is Cc1ccnc(-c2cc(Cl)cc(Nc3ccc(/C=N/Nc4ncc(F)c(N5CCOCC5)n4)nc3)c2)n1. The molecule has 3 aromatic heterocycles. The number of benzene rings is 1. The number of nitrogens with one attached hydrogen (secondary N) is 2. The van der Waals surface area contributed by atoms with E-state index in [4.69, 9.17) is 16.3 Å². The van der Waals surface area contributed by atoms with Crippen molar-refractivity contribution in [2.24, 2.45) is 5.10 Å². The van der Waals surface area contributed by atoms with E-state index in [2.05, 4.69) is 40.8 Å². The Morgan fingerprint density at radius 2 is 1.89 bits per heavy atom. The third-order valence-corrected chi connectivity index (χ3v) is 5.64. The highest BCUT2D eigenvalue weighted by Crippen LogP contribution is 2.27. The molecule has 2 N–H and O–H groups in total. The molecular weight excluding hydrogens is 497 g/mol. The van der Waals surface area contributed by atoms with Crippen LogP contribution in [0.5, 0.6) is 0 Å². The lowest BCUT2D eigenvalue weighted by Crippen LogP contribution is -2.37. The average molecular weight is 520 g/mol. The van der Waals surface area contributed by atoms with Gasteiger partial charge in [-0.2, -0.15) is 10.1 Å². The van der Waals surface area contributed by atoms with Gasteiger partial charge >= 0.3 is 0 Å². The fourth-order valence-electron chi connectivity index (χ4n) is 3.67. The molecule has 10 nitrogen and oxygen atoms in total. The molecule has 0 aliphatic carbocycles. The maximum atomic E-state index is 14.2. The van der Waals surface area contributed by atoms with E-state index in [1.165, 1.54) is 6.21 Å². The number of hydrogen-bond acceptors (Lipinski definition) is 10. The highest BCUT2D eigenvalue weighted by Gasteiger charge is 2.17. The van der Waals surface area contributed by atoms with E-state index in [9.17, 15) is 4.39 Å². The first kappa shape index (κ1) is 24.5. The molecule has 4 aromatic rings. The predicted molar refractivity (Wildman–Crippen MR) is 141 cm³/mol. The zero-order chi connectivity index (χ0) is 25.6. The van der Waals surface area contributed by atoms with E-state index >= 15 is 0 Å². The second-order valence-electron chi connectivity index (χ2n) is 8.18. The Hall–Kier alpha value is -4.22. The molecule has 0 amide bonds. The van der Waals surface area contributed by atoms with Crippen molar-refractivity contribution in [3.8, 4) is 11.4 Å². The van der Waals surface area contributed by atoms with Gasteiger partial charge in [0, 0.05) is 41.3 Å². The van der Waals surface area contributed by atoms with E-state index < -0.39 is 5.82 Å². The summed E-state index contributed by atoms with van der Waals surface area (Å²) in [4.78, 5) is 23.2. The predicted octanol–water partition coefficient (Wildman–Crippen LogP) is 4.46. The first-order chi connectivity index (χ1) is 18.0. The molecule has 12 heteroatoms. The van der Waals surface area contributed by atoms with Crippen molar-refractivity contribution in [1.82, 2.24) is 24.9 Å². The van der Waals surface area contributed by atoms with Gasteiger partial charge in [-0.1, -0.05) is 11.6 Å². The molecule has 0 bridgehead atoms. The van der Waals surface area contributed by atoms with Gasteiger partial charge in [-0.25, -0.2) is 24.8 Å². The topological polar surface area (TPSA) is 113 Å². The summed E-state index contributed by atoms with van der Waals surface area (Å²) in [5.41, 5.74) is 6.56. The van der Waals surface area contributed by atoms with E-state index in [1.54, 1.807) is 18.5 Å². The van der Waals surface area contributed by atoms with Crippen molar-refractivity contribution in [3.05, 3.63) is 77.2 Å². The number of ether oxygens (including phenoxy) is 1. The number of hydrogen-bond donors (Lipinski definition) is 2. The van der Waals surface area contributed by atoms with Crippen LogP contribution in [-0.2, 0) is 4.74 Å². The molecule has 188 valence electrons. The van der Waals surface area contributed by atoms with Gasteiger partial charge in [0.1, 0.15) is 0 Å². The molecular formula is C25H23ClFN9O. The number of anilines is 4. The van der Waals surface area contributed by atoms with E-state index in [-0.39, 0.29) is 11.8 Å². The Bertz CT molecular complexity index is 1410. The Balaban J connectivity index is 1.23. The second-order valence-corrected chi connectivity index (χ2v) is 8.62. The second kappa shape index (κ2) is 11.2. The molecule has 1 aliphatic rings. The van der Waals surface area contributed by atoms with Gasteiger partial charge in [0.15, 0.2) is 17.5 Å². The summed E-state index contributed by atoms with van der Waals surface area (Å²) in [7, 11) is 0. The van der Waals surface area contributed by atoms with E-state index in [0.717, 1.165) is 28.8 Å². The molecule has 0 spiro atoms. The summed E-state index contributed by atoms with van der Waals surface area (Å²) in [6, 6.07) is 11.1. The van der Waals surface area contributed by atoms with Crippen LogP contribution in [0.3, 0.4) is 0 Å². The summed E-state index contributed by atoms with van der Waals surface area (Å²) >= 11 is 6.33. The standard InChI is InChI=1S/C25H23ClFN9O/c1-16-4-5-28-23(32-16)17-10-18(26)12-21(11-17)33-20-3-2-19(29-13-20)14-31-35-25-30-15-22(27)24(34-25)36-6-8-37-9-7-36/h2-5,10-15,33H,6-9H2,1H3,(H,30,34,35)/b31-14+. The summed E-state index contributed by atoms with van der Waals surface area (Å²) < 4.78 is 19.5. The molecule has 1 saturated heterocycles. The monoisotopic (exact) mass is 519 g/mol.